The summed E-state index contributed by atoms with van der Waals surface area (Å²) in [5, 5.41) is 3.07. The van der Waals surface area contributed by atoms with E-state index in [1.807, 2.05) is 0 Å². The van der Waals surface area contributed by atoms with E-state index >= 15 is 0 Å². The second-order valence-electron chi connectivity index (χ2n) is 7.30. The molecule has 0 unspecified atom stereocenters. The molecule has 160 valence electrons. The van der Waals surface area contributed by atoms with Gasteiger partial charge in [0.15, 0.2) is 11.5 Å². The van der Waals surface area contributed by atoms with Gasteiger partial charge in [-0.25, -0.2) is 4.39 Å². The summed E-state index contributed by atoms with van der Waals surface area (Å²) in [4.78, 5) is 31.8. The second-order valence-corrected chi connectivity index (χ2v) is 7.30. The third-order valence-corrected chi connectivity index (χ3v) is 5.18. The number of ether oxygens (including phenoxy) is 2. The summed E-state index contributed by atoms with van der Waals surface area (Å²) in [6.45, 7) is 0.967. The molecule has 1 aromatic heterocycles. The highest BCUT2D eigenvalue weighted by molar-refractivity contribution is 6.36. The van der Waals surface area contributed by atoms with Gasteiger partial charge >= 0.3 is 0 Å². The standard InChI is InChI=1S/C24H18FN3O4/c25-17-5-3-16(4-6-17)21-22(27-18-7-8-19-20(12-18)32-11-10-31-19)24(30)28(23(21)29)14-15-2-1-9-26-13-15/h1-9,12-13,27H,10-11,14H2. The lowest BCUT2D eigenvalue weighted by Gasteiger charge is -2.19. The number of nitrogens with zero attached hydrogens (tertiary/aromatic N) is 2. The number of pyridine rings is 1. The molecule has 2 aliphatic heterocycles. The Labute approximate surface area is 183 Å². The van der Waals surface area contributed by atoms with E-state index in [0.717, 1.165) is 4.90 Å². The molecule has 2 aliphatic rings. The van der Waals surface area contributed by atoms with Gasteiger partial charge in [0.25, 0.3) is 11.8 Å². The van der Waals surface area contributed by atoms with E-state index in [1.54, 1.807) is 42.7 Å². The molecule has 32 heavy (non-hydrogen) atoms. The molecule has 0 aliphatic carbocycles. The minimum Gasteiger partial charge on any atom is -0.486 e. The fourth-order valence-electron chi connectivity index (χ4n) is 3.66. The second kappa shape index (κ2) is 8.14. The van der Waals surface area contributed by atoms with E-state index < -0.39 is 17.6 Å². The summed E-state index contributed by atoms with van der Waals surface area (Å²) < 4.78 is 24.6. The van der Waals surface area contributed by atoms with Gasteiger partial charge in [-0.05, 0) is 41.5 Å². The number of benzene rings is 2. The molecule has 0 fully saturated rings. The largest absolute Gasteiger partial charge is 0.486 e. The molecule has 3 heterocycles. The van der Waals surface area contributed by atoms with Crippen molar-refractivity contribution in [2.45, 2.75) is 6.54 Å². The van der Waals surface area contributed by atoms with Crippen molar-refractivity contribution >= 4 is 23.1 Å². The van der Waals surface area contributed by atoms with Gasteiger partial charge in [0.05, 0.1) is 12.1 Å². The van der Waals surface area contributed by atoms with Crippen molar-refractivity contribution in [1.29, 1.82) is 0 Å². The van der Waals surface area contributed by atoms with Crippen molar-refractivity contribution in [3.63, 3.8) is 0 Å². The lowest BCUT2D eigenvalue weighted by molar-refractivity contribution is -0.137. The van der Waals surface area contributed by atoms with Gasteiger partial charge in [-0.1, -0.05) is 18.2 Å². The molecule has 7 nitrogen and oxygen atoms in total. The lowest BCUT2D eigenvalue weighted by atomic mass is 10.0. The van der Waals surface area contributed by atoms with Gasteiger partial charge in [-0.3, -0.25) is 19.5 Å². The van der Waals surface area contributed by atoms with Crippen LogP contribution in [-0.4, -0.2) is 34.9 Å². The summed E-state index contributed by atoms with van der Waals surface area (Å²) in [6.07, 6.45) is 3.22. The lowest BCUT2D eigenvalue weighted by Crippen LogP contribution is -2.32. The third kappa shape index (κ3) is 3.66. The number of aromatic nitrogens is 1. The molecule has 3 aromatic rings. The van der Waals surface area contributed by atoms with Crippen LogP contribution in [0.5, 0.6) is 11.5 Å². The molecular formula is C24H18FN3O4. The van der Waals surface area contributed by atoms with E-state index in [0.29, 0.717) is 41.5 Å². The molecule has 0 saturated heterocycles. The van der Waals surface area contributed by atoms with Crippen molar-refractivity contribution in [1.82, 2.24) is 9.88 Å². The number of anilines is 1. The maximum atomic E-state index is 13.5. The number of carbonyl (C=O) groups excluding carboxylic acids is 2. The first kappa shape index (κ1) is 19.7. The monoisotopic (exact) mass is 431 g/mol. The molecule has 0 atom stereocenters. The molecular weight excluding hydrogens is 413 g/mol. The van der Waals surface area contributed by atoms with Crippen LogP contribution in [0.4, 0.5) is 10.1 Å². The molecule has 0 radical (unpaired) electrons. The summed E-state index contributed by atoms with van der Waals surface area (Å²) in [6, 6.07) is 14.2. The number of nitrogens with one attached hydrogen (secondary N) is 1. The topological polar surface area (TPSA) is 80.8 Å². The number of imide groups is 1. The predicted molar refractivity (Wildman–Crippen MR) is 114 cm³/mol. The molecule has 0 bridgehead atoms. The zero-order chi connectivity index (χ0) is 22.1. The molecule has 8 heteroatoms. The Bertz CT molecular complexity index is 1230. The van der Waals surface area contributed by atoms with Gasteiger partial charge in [-0.15, -0.1) is 0 Å². The van der Waals surface area contributed by atoms with E-state index in [-0.39, 0.29) is 17.8 Å². The van der Waals surface area contributed by atoms with Crippen LogP contribution in [-0.2, 0) is 16.1 Å². The molecule has 0 saturated carbocycles. The highest BCUT2D eigenvalue weighted by Crippen LogP contribution is 2.36. The van der Waals surface area contributed by atoms with E-state index in [1.165, 1.54) is 24.3 Å². The first-order valence-corrected chi connectivity index (χ1v) is 10.0. The van der Waals surface area contributed by atoms with E-state index in [2.05, 4.69) is 10.3 Å². The Morgan fingerprint density at radius 1 is 0.969 bits per heavy atom. The van der Waals surface area contributed by atoms with Crippen molar-refractivity contribution in [2.75, 3.05) is 18.5 Å². The Balaban J connectivity index is 1.52. The smallest absolute Gasteiger partial charge is 0.278 e. The minimum atomic E-state index is -0.479. The number of halogens is 1. The van der Waals surface area contributed by atoms with Crippen LogP contribution in [0.15, 0.2) is 72.7 Å². The van der Waals surface area contributed by atoms with Crippen LogP contribution in [0.1, 0.15) is 11.1 Å². The Kier molecular flexibility index (Phi) is 5.03. The number of amides is 2. The summed E-state index contributed by atoms with van der Waals surface area (Å²) in [7, 11) is 0. The van der Waals surface area contributed by atoms with E-state index in [4.69, 9.17) is 9.47 Å². The zero-order valence-corrected chi connectivity index (χ0v) is 16.9. The average Bonchev–Trinajstić information content (AvgIpc) is 3.04. The number of fused-ring (bicyclic) bond motifs is 1. The highest BCUT2D eigenvalue weighted by Gasteiger charge is 2.39. The quantitative estimate of drug-likeness (QED) is 0.624. The number of hydrogen-bond acceptors (Lipinski definition) is 6. The van der Waals surface area contributed by atoms with Crippen LogP contribution in [0, 0.1) is 5.82 Å². The van der Waals surface area contributed by atoms with Crippen LogP contribution in [0.3, 0.4) is 0 Å². The fraction of sp³-hybridized carbons (Fsp3) is 0.125. The summed E-state index contributed by atoms with van der Waals surface area (Å²) >= 11 is 0. The third-order valence-electron chi connectivity index (χ3n) is 5.18. The summed E-state index contributed by atoms with van der Waals surface area (Å²) in [5.41, 5.74) is 2.01. The first-order chi connectivity index (χ1) is 15.6. The van der Waals surface area contributed by atoms with Crippen LogP contribution < -0.4 is 14.8 Å². The zero-order valence-electron chi connectivity index (χ0n) is 16.9. The van der Waals surface area contributed by atoms with Gasteiger partial charge in [0.1, 0.15) is 24.7 Å². The molecule has 0 spiro atoms. The first-order valence-electron chi connectivity index (χ1n) is 10.0. The highest BCUT2D eigenvalue weighted by atomic mass is 19.1. The minimum absolute atomic E-state index is 0.0719. The SMILES string of the molecule is O=C1C(Nc2ccc3c(c2)OCCO3)=C(c2ccc(F)cc2)C(=O)N1Cc1cccnc1. The Morgan fingerprint density at radius 3 is 2.50 bits per heavy atom. The Hall–Kier alpha value is -4.20. The number of rotatable bonds is 5. The van der Waals surface area contributed by atoms with E-state index in [9.17, 15) is 14.0 Å². The molecule has 5 rings (SSSR count). The maximum absolute atomic E-state index is 13.5. The predicted octanol–water partition coefficient (Wildman–Crippen LogP) is 3.38. The molecule has 2 aromatic carbocycles. The van der Waals surface area contributed by atoms with Crippen molar-refractivity contribution in [3.8, 4) is 11.5 Å². The number of hydrogen-bond donors (Lipinski definition) is 1. The van der Waals surface area contributed by atoms with Crippen molar-refractivity contribution < 1.29 is 23.5 Å². The van der Waals surface area contributed by atoms with Gasteiger partial charge in [0.2, 0.25) is 0 Å². The van der Waals surface area contributed by atoms with Gasteiger partial charge in [0, 0.05) is 24.1 Å². The normalized spacial score (nSPS) is 15.3. The molecule has 2 amide bonds. The summed E-state index contributed by atoms with van der Waals surface area (Å²) in [5.74, 6) is -0.214. The van der Waals surface area contributed by atoms with Crippen molar-refractivity contribution in [3.05, 3.63) is 89.6 Å². The maximum Gasteiger partial charge on any atom is 0.278 e. The average molecular weight is 431 g/mol. The van der Waals surface area contributed by atoms with Crippen LogP contribution in [0.2, 0.25) is 0 Å². The number of carbonyl (C=O) groups is 2. The van der Waals surface area contributed by atoms with Gasteiger partial charge in [-0.2, -0.15) is 0 Å². The van der Waals surface area contributed by atoms with Gasteiger partial charge < -0.3 is 14.8 Å². The van der Waals surface area contributed by atoms with Crippen LogP contribution in [0.25, 0.3) is 5.57 Å². The fourth-order valence-corrected chi connectivity index (χ4v) is 3.66. The van der Waals surface area contributed by atoms with Crippen LogP contribution >= 0.6 is 0 Å². The molecule has 1 N–H and O–H groups in total. The Morgan fingerprint density at radius 2 is 1.75 bits per heavy atom. The van der Waals surface area contributed by atoms with Crippen molar-refractivity contribution in [2.24, 2.45) is 0 Å².